The number of rotatable bonds is 3. The maximum atomic E-state index is 7.31. The third-order valence-electron chi connectivity index (χ3n) is 14.5. The Hall–Kier alpha value is -6.26. The summed E-state index contributed by atoms with van der Waals surface area (Å²) in [5.74, 6) is 0. The molecule has 286 valence electrons. The van der Waals surface area contributed by atoms with Gasteiger partial charge in [-0.25, -0.2) is 0 Å². The zero-order chi connectivity index (χ0) is 40.0. The summed E-state index contributed by atoms with van der Waals surface area (Å²) in [6.45, 7) is 14.1. The van der Waals surface area contributed by atoms with Crippen molar-refractivity contribution in [3.8, 4) is 11.1 Å². The molecule has 1 aromatic heterocycles. The second-order valence-electron chi connectivity index (χ2n) is 18.8. The van der Waals surface area contributed by atoms with Gasteiger partial charge in [0.15, 0.2) is 0 Å². The summed E-state index contributed by atoms with van der Waals surface area (Å²) in [6.07, 6.45) is 2.35. The van der Waals surface area contributed by atoms with Crippen LogP contribution in [0.2, 0.25) is 0 Å². The summed E-state index contributed by atoms with van der Waals surface area (Å²) in [6, 6.07) is 57.1. The van der Waals surface area contributed by atoms with Crippen molar-refractivity contribution in [3.63, 3.8) is 0 Å². The molecule has 0 N–H and O–H groups in total. The monoisotopic (exact) mass is 762 g/mol. The zero-order valence-corrected chi connectivity index (χ0v) is 34.7. The molecule has 0 saturated heterocycles. The number of hydrogen-bond donors (Lipinski definition) is 0. The number of aryl methyl sites for hydroxylation is 2. The maximum absolute atomic E-state index is 7.31. The molecule has 0 atom stereocenters. The van der Waals surface area contributed by atoms with Crippen LogP contribution < -0.4 is 20.8 Å². The Balaban J connectivity index is 1.22. The van der Waals surface area contributed by atoms with Crippen LogP contribution >= 0.6 is 0 Å². The highest BCUT2D eigenvalue weighted by Crippen LogP contribution is 2.61. The fourth-order valence-electron chi connectivity index (χ4n) is 11.7. The molecule has 0 saturated carbocycles. The van der Waals surface area contributed by atoms with Crippen LogP contribution in [-0.4, -0.2) is 6.85 Å². The first-order valence-electron chi connectivity index (χ1n) is 21.3. The highest BCUT2D eigenvalue weighted by Gasteiger charge is 2.55. The van der Waals surface area contributed by atoms with Crippen molar-refractivity contribution in [2.24, 2.45) is 0 Å². The van der Waals surface area contributed by atoms with Gasteiger partial charge in [-0.1, -0.05) is 149 Å². The Morgan fingerprint density at radius 1 is 0.525 bits per heavy atom. The maximum Gasteiger partial charge on any atom is 0.375 e. The number of anilines is 5. The molecule has 59 heavy (non-hydrogen) atoms. The van der Waals surface area contributed by atoms with Gasteiger partial charge in [-0.2, -0.15) is 0 Å². The van der Waals surface area contributed by atoms with E-state index in [4.69, 9.17) is 4.42 Å². The Bertz CT molecular complexity index is 3010. The average Bonchev–Trinajstić information content (AvgIpc) is 3.63. The predicted molar refractivity (Wildman–Crippen MR) is 247 cm³/mol. The van der Waals surface area contributed by atoms with Gasteiger partial charge in [0, 0.05) is 33.7 Å². The zero-order valence-electron chi connectivity index (χ0n) is 34.7. The number of benzene rings is 7. The van der Waals surface area contributed by atoms with Crippen molar-refractivity contribution in [2.75, 3.05) is 9.71 Å². The van der Waals surface area contributed by atoms with Crippen LogP contribution in [0.15, 0.2) is 156 Å². The number of para-hydroxylation sites is 3. The summed E-state index contributed by atoms with van der Waals surface area (Å²) in [5, 5.41) is 1.14. The number of furan rings is 1. The van der Waals surface area contributed by atoms with E-state index in [1.807, 2.05) is 0 Å². The molecular weight excluding hydrogens is 715 g/mol. The van der Waals surface area contributed by atoms with E-state index < -0.39 is 5.41 Å². The summed E-state index contributed by atoms with van der Waals surface area (Å²) in [4.78, 5) is 5.23. The van der Waals surface area contributed by atoms with E-state index in [0.29, 0.717) is 0 Å². The van der Waals surface area contributed by atoms with Crippen LogP contribution in [0.1, 0.15) is 85.0 Å². The molecule has 3 aliphatic heterocycles. The summed E-state index contributed by atoms with van der Waals surface area (Å²) < 4.78 is 7.31. The largest absolute Gasteiger partial charge is 0.466 e. The van der Waals surface area contributed by atoms with Gasteiger partial charge in [0.1, 0.15) is 11.2 Å². The molecule has 0 bridgehead atoms. The van der Waals surface area contributed by atoms with Crippen LogP contribution in [0.5, 0.6) is 0 Å². The van der Waals surface area contributed by atoms with Gasteiger partial charge in [0.05, 0.1) is 11.1 Å². The normalized spacial score (nSPS) is 17.2. The van der Waals surface area contributed by atoms with Gasteiger partial charge in [-0.15, -0.1) is 0 Å². The van der Waals surface area contributed by atoms with E-state index in [-0.39, 0.29) is 17.7 Å². The molecule has 0 unspecified atom stereocenters. The molecule has 7 aromatic carbocycles. The van der Waals surface area contributed by atoms with Crippen molar-refractivity contribution in [2.45, 2.75) is 70.6 Å². The Labute approximate surface area is 348 Å². The first kappa shape index (κ1) is 34.8. The molecule has 12 rings (SSSR count). The lowest BCUT2D eigenvalue weighted by Crippen LogP contribution is -2.63. The van der Waals surface area contributed by atoms with E-state index >= 15 is 0 Å². The van der Waals surface area contributed by atoms with Crippen LogP contribution in [-0.2, 0) is 16.2 Å². The molecule has 8 aromatic rings. The minimum atomic E-state index is -0.552. The SMILES string of the molecule is Cc1cc2c3c(c1)N(c1cc4c(cc1C)C(C)(C)CCC4(C)C)c1c(oc4ccccc14)B3N1c3ccccc3C(c3ccccc3)(c3ccccc3)c3cccc-2c31. The van der Waals surface area contributed by atoms with Crippen molar-refractivity contribution in [3.05, 3.63) is 196 Å². The molecule has 4 heterocycles. The van der Waals surface area contributed by atoms with E-state index in [2.05, 4.69) is 203 Å². The van der Waals surface area contributed by atoms with Crippen LogP contribution in [0.3, 0.4) is 0 Å². The molecule has 3 nitrogen and oxygen atoms in total. The summed E-state index contributed by atoms with van der Waals surface area (Å²) in [5.41, 5.74) is 22.0. The second kappa shape index (κ2) is 11.9. The Kier molecular flexibility index (Phi) is 7.02. The molecule has 0 amide bonds. The molecular formula is C55H47BN2O. The van der Waals surface area contributed by atoms with Crippen molar-refractivity contribution in [1.29, 1.82) is 0 Å². The molecule has 0 spiro atoms. The van der Waals surface area contributed by atoms with Crippen molar-refractivity contribution in [1.82, 2.24) is 0 Å². The predicted octanol–water partition coefficient (Wildman–Crippen LogP) is 12.8. The molecule has 0 radical (unpaired) electrons. The fourth-order valence-corrected chi connectivity index (χ4v) is 11.7. The molecule has 1 aliphatic carbocycles. The van der Waals surface area contributed by atoms with Gasteiger partial charge in [0.2, 0.25) is 0 Å². The van der Waals surface area contributed by atoms with Gasteiger partial charge in [-0.05, 0) is 123 Å². The van der Waals surface area contributed by atoms with Crippen LogP contribution in [0.25, 0.3) is 22.1 Å². The summed E-state index contributed by atoms with van der Waals surface area (Å²) in [7, 11) is 0. The Morgan fingerprint density at radius 2 is 1.15 bits per heavy atom. The van der Waals surface area contributed by atoms with Gasteiger partial charge >= 0.3 is 6.85 Å². The standard InChI is InChI=1S/C55H47BN2O/c1-34-30-40-38-23-17-25-42-50(38)58(45-26-15-14-24-41(45)55(42,36-18-9-7-10-19-36)37-20-11-8-12-21-37)56-49(40)47(31-34)57(51-39-22-13-16-27-48(39)59-52(51)56)46-33-44-43(32-35(46)2)53(3,4)28-29-54(44,5)6/h7-27,30-33H,28-29H2,1-6H3. The van der Waals surface area contributed by atoms with Gasteiger partial charge in [0.25, 0.3) is 0 Å². The number of hydrogen-bond acceptors (Lipinski definition) is 3. The van der Waals surface area contributed by atoms with E-state index in [0.717, 1.165) is 28.7 Å². The highest BCUT2D eigenvalue weighted by molar-refractivity contribution is 6.93. The first-order chi connectivity index (χ1) is 28.6. The second-order valence-corrected chi connectivity index (χ2v) is 18.8. The average molecular weight is 763 g/mol. The molecule has 0 fully saturated rings. The minimum absolute atomic E-state index is 0.0653. The van der Waals surface area contributed by atoms with Crippen LogP contribution in [0, 0.1) is 13.8 Å². The van der Waals surface area contributed by atoms with E-state index in [9.17, 15) is 0 Å². The minimum Gasteiger partial charge on any atom is -0.466 e. The number of fused-ring (bicyclic) bond motifs is 9. The lowest BCUT2D eigenvalue weighted by molar-refractivity contribution is 0.332. The number of nitrogens with zero attached hydrogens (tertiary/aromatic N) is 2. The van der Waals surface area contributed by atoms with Crippen molar-refractivity contribution >= 4 is 57.4 Å². The lowest BCUT2D eigenvalue weighted by Gasteiger charge is -2.52. The lowest BCUT2D eigenvalue weighted by atomic mass is 9.44. The summed E-state index contributed by atoms with van der Waals surface area (Å²) >= 11 is 0. The molecule has 4 heteroatoms. The quantitative estimate of drug-likeness (QED) is 0.167. The fraction of sp³-hybridized carbons (Fsp3) is 0.200. The Morgan fingerprint density at radius 3 is 1.88 bits per heavy atom. The third kappa shape index (κ3) is 4.50. The molecule has 4 aliphatic rings. The smallest absolute Gasteiger partial charge is 0.375 e. The van der Waals surface area contributed by atoms with E-state index in [1.54, 1.807) is 0 Å². The first-order valence-corrected chi connectivity index (χ1v) is 21.3. The van der Waals surface area contributed by atoms with Gasteiger partial charge < -0.3 is 14.1 Å². The van der Waals surface area contributed by atoms with Gasteiger partial charge in [-0.3, -0.25) is 0 Å². The highest BCUT2D eigenvalue weighted by atomic mass is 16.3. The van der Waals surface area contributed by atoms with E-state index in [1.165, 1.54) is 90.3 Å². The third-order valence-corrected chi connectivity index (χ3v) is 14.5. The van der Waals surface area contributed by atoms with Crippen molar-refractivity contribution < 1.29 is 4.42 Å². The van der Waals surface area contributed by atoms with Crippen LogP contribution in [0.4, 0.5) is 28.4 Å². The topological polar surface area (TPSA) is 19.6 Å².